The van der Waals surface area contributed by atoms with E-state index in [1.54, 1.807) is 12.3 Å². The molecule has 0 radical (unpaired) electrons. The number of nitrogens with one attached hydrogen (secondary N) is 1. The molecule has 3 N–H and O–H groups in total. The molecule has 0 aromatic carbocycles. The molecule has 2 atom stereocenters. The number of aromatic nitrogens is 2. The van der Waals surface area contributed by atoms with E-state index in [9.17, 15) is 22.8 Å². The van der Waals surface area contributed by atoms with Gasteiger partial charge in [-0.15, -0.1) is 0 Å². The number of nitrogens with two attached hydrogens (primary N) is 1. The Balaban J connectivity index is 1.46. The van der Waals surface area contributed by atoms with Crippen LogP contribution in [0.2, 0.25) is 0 Å². The number of alkyl halides is 3. The van der Waals surface area contributed by atoms with Crippen molar-refractivity contribution in [1.82, 2.24) is 20.2 Å². The molecular weight excluding hydrogens is 511 g/mol. The highest BCUT2D eigenvalue weighted by Crippen LogP contribution is 2.43. The van der Waals surface area contributed by atoms with Crippen LogP contribution in [0, 0.1) is 24.7 Å². The monoisotopic (exact) mass is 547 g/mol. The van der Waals surface area contributed by atoms with E-state index < -0.39 is 30.1 Å². The molecule has 4 rings (SSSR count). The van der Waals surface area contributed by atoms with Gasteiger partial charge in [-0.05, 0) is 67.7 Å². The zero-order chi connectivity index (χ0) is 28.3. The number of fused-ring (bicyclic) bond motifs is 1. The number of amides is 2. The quantitative estimate of drug-likeness (QED) is 0.468. The summed E-state index contributed by atoms with van der Waals surface area (Å²) in [7, 11) is 0. The number of nitrogens with zero attached hydrogens (tertiary/aromatic N) is 3. The SMILES string of the molecule is Cc1ccc([C@H](COC(N)=O)NC(=O)c2cnc3c(c2)CN(CC2CCC(C(F)(F)F)CC2)[C@H]3C(C)C)nc1. The van der Waals surface area contributed by atoms with Crippen LogP contribution in [0.4, 0.5) is 18.0 Å². The third kappa shape index (κ3) is 7.06. The van der Waals surface area contributed by atoms with E-state index in [-0.39, 0.29) is 37.3 Å². The maximum atomic E-state index is 13.2. The molecule has 0 spiro atoms. The number of carbonyl (C=O) groups excluding carboxylic acids is 2. The number of carbonyl (C=O) groups is 2. The molecule has 1 aliphatic carbocycles. The molecule has 0 bridgehead atoms. The van der Waals surface area contributed by atoms with Gasteiger partial charge in [-0.3, -0.25) is 19.7 Å². The van der Waals surface area contributed by atoms with Gasteiger partial charge in [0.1, 0.15) is 12.6 Å². The van der Waals surface area contributed by atoms with Gasteiger partial charge in [-0.2, -0.15) is 13.2 Å². The highest BCUT2D eigenvalue weighted by Gasteiger charge is 2.42. The third-order valence-corrected chi connectivity index (χ3v) is 7.73. The van der Waals surface area contributed by atoms with Crippen molar-refractivity contribution in [2.75, 3.05) is 13.2 Å². The molecule has 0 saturated heterocycles. The maximum Gasteiger partial charge on any atom is 0.404 e. The van der Waals surface area contributed by atoms with E-state index in [1.165, 1.54) is 6.20 Å². The molecule has 8 nitrogen and oxygen atoms in total. The van der Waals surface area contributed by atoms with Gasteiger partial charge in [0.15, 0.2) is 0 Å². The molecule has 1 saturated carbocycles. The third-order valence-electron chi connectivity index (χ3n) is 7.73. The molecule has 1 fully saturated rings. The van der Waals surface area contributed by atoms with Crippen molar-refractivity contribution >= 4 is 12.0 Å². The Morgan fingerprint density at radius 3 is 2.46 bits per heavy atom. The van der Waals surface area contributed by atoms with Crippen LogP contribution in [-0.4, -0.2) is 46.2 Å². The lowest BCUT2D eigenvalue weighted by Crippen LogP contribution is -2.35. The van der Waals surface area contributed by atoms with Crippen LogP contribution < -0.4 is 11.1 Å². The number of aryl methyl sites for hydroxylation is 1. The van der Waals surface area contributed by atoms with Crippen LogP contribution in [0.5, 0.6) is 0 Å². The summed E-state index contributed by atoms with van der Waals surface area (Å²) < 4.78 is 44.3. The van der Waals surface area contributed by atoms with Crippen LogP contribution in [0.15, 0.2) is 30.6 Å². The first kappa shape index (κ1) is 28.8. The molecular formula is C28H36F3N5O3. The van der Waals surface area contributed by atoms with Gasteiger partial charge in [-0.25, -0.2) is 4.79 Å². The molecule has 2 aromatic heterocycles. The molecule has 11 heteroatoms. The zero-order valence-corrected chi connectivity index (χ0v) is 22.5. The van der Waals surface area contributed by atoms with Gasteiger partial charge >= 0.3 is 12.3 Å². The lowest BCUT2D eigenvalue weighted by Gasteiger charge is -2.35. The minimum Gasteiger partial charge on any atom is -0.447 e. The molecule has 2 aliphatic rings. The molecule has 2 amide bonds. The summed E-state index contributed by atoms with van der Waals surface area (Å²) in [6, 6.07) is 4.75. The first-order chi connectivity index (χ1) is 18.4. The number of ether oxygens (including phenoxy) is 1. The fourth-order valence-electron chi connectivity index (χ4n) is 5.74. The highest BCUT2D eigenvalue weighted by molar-refractivity contribution is 5.94. The fraction of sp³-hybridized carbons (Fsp3) is 0.571. The summed E-state index contributed by atoms with van der Waals surface area (Å²) in [6.45, 7) is 7.22. The number of hydrogen-bond donors (Lipinski definition) is 2. The van der Waals surface area contributed by atoms with E-state index in [1.807, 2.05) is 19.1 Å². The smallest absolute Gasteiger partial charge is 0.404 e. The van der Waals surface area contributed by atoms with Crippen molar-refractivity contribution in [2.24, 2.45) is 23.5 Å². The Kier molecular flexibility index (Phi) is 8.78. The standard InChI is InChI=1S/C28H36F3N5O3/c1-16(2)25-24-20(14-36(25)13-18-5-7-21(8-6-18)28(29,30)31)10-19(12-34-24)26(37)35-23(15-39-27(32)38)22-9-4-17(3)11-33-22/h4,9-12,16,18,21,23,25H,5-8,13-15H2,1-3H3,(H2,32,38)(H,35,37)/t18?,21?,23-,25-/m0/s1. The van der Waals surface area contributed by atoms with Crippen molar-refractivity contribution in [1.29, 1.82) is 0 Å². The predicted molar refractivity (Wildman–Crippen MR) is 138 cm³/mol. The molecule has 212 valence electrons. The van der Waals surface area contributed by atoms with Crippen molar-refractivity contribution in [3.63, 3.8) is 0 Å². The lowest BCUT2D eigenvalue weighted by atomic mass is 9.81. The van der Waals surface area contributed by atoms with Gasteiger partial charge < -0.3 is 15.8 Å². The predicted octanol–water partition coefficient (Wildman–Crippen LogP) is 5.23. The summed E-state index contributed by atoms with van der Waals surface area (Å²) in [5.41, 5.74) is 8.80. The first-order valence-corrected chi connectivity index (χ1v) is 13.4. The zero-order valence-electron chi connectivity index (χ0n) is 22.5. The summed E-state index contributed by atoms with van der Waals surface area (Å²) in [6.07, 6.45) is -0.387. The second kappa shape index (κ2) is 11.9. The first-order valence-electron chi connectivity index (χ1n) is 13.4. The van der Waals surface area contributed by atoms with Crippen LogP contribution in [0.1, 0.15) is 84.5 Å². The molecule has 0 unspecified atom stereocenters. The van der Waals surface area contributed by atoms with E-state index in [0.717, 1.165) is 16.8 Å². The number of hydrogen-bond acceptors (Lipinski definition) is 6. The van der Waals surface area contributed by atoms with Crippen molar-refractivity contribution < 1.29 is 27.5 Å². The van der Waals surface area contributed by atoms with E-state index in [0.29, 0.717) is 37.2 Å². The van der Waals surface area contributed by atoms with Crippen molar-refractivity contribution in [2.45, 2.75) is 71.3 Å². The van der Waals surface area contributed by atoms with E-state index in [4.69, 9.17) is 10.5 Å². The highest BCUT2D eigenvalue weighted by atomic mass is 19.4. The average Bonchev–Trinajstić information content (AvgIpc) is 3.24. The van der Waals surface area contributed by atoms with E-state index in [2.05, 4.69) is 34.0 Å². The van der Waals surface area contributed by atoms with Crippen LogP contribution in [-0.2, 0) is 11.3 Å². The summed E-state index contributed by atoms with van der Waals surface area (Å²) in [5, 5.41) is 2.86. The van der Waals surface area contributed by atoms with Gasteiger partial charge in [-0.1, -0.05) is 19.9 Å². The molecule has 1 aliphatic heterocycles. The van der Waals surface area contributed by atoms with Gasteiger partial charge in [0.2, 0.25) is 0 Å². The number of primary amides is 1. The Morgan fingerprint density at radius 1 is 1.15 bits per heavy atom. The van der Waals surface area contributed by atoms with Crippen LogP contribution >= 0.6 is 0 Å². The Labute approximate surface area is 226 Å². The molecule has 3 heterocycles. The van der Waals surface area contributed by atoms with Crippen LogP contribution in [0.25, 0.3) is 0 Å². The average molecular weight is 548 g/mol. The normalized spacial score (nSPS) is 22.4. The second-order valence-electron chi connectivity index (χ2n) is 11.1. The Bertz CT molecular complexity index is 1160. The van der Waals surface area contributed by atoms with Crippen molar-refractivity contribution in [3.8, 4) is 0 Å². The lowest BCUT2D eigenvalue weighted by molar-refractivity contribution is -0.184. The number of rotatable bonds is 8. The minimum absolute atomic E-state index is 0.0333. The van der Waals surface area contributed by atoms with Crippen molar-refractivity contribution in [3.05, 3.63) is 58.7 Å². The molecule has 39 heavy (non-hydrogen) atoms. The summed E-state index contributed by atoms with van der Waals surface area (Å²) in [5.74, 6) is -1.14. The van der Waals surface area contributed by atoms with Crippen LogP contribution in [0.3, 0.4) is 0 Å². The molecule has 2 aromatic rings. The maximum absolute atomic E-state index is 13.2. The van der Waals surface area contributed by atoms with Gasteiger partial charge in [0.25, 0.3) is 5.91 Å². The fourth-order valence-corrected chi connectivity index (χ4v) is 5.74. The van der Waals surface area contributed by atoms with E-state index >= 15 is 0 Å². The largest absolute Gasteiger partial charge is 0.447 e. The Morgan fingerprint density at radius 2 is 1.87 bits per heavy atom. The Hall–Kier alpha value is -3.21. The number of halogens is 3. The number of pyridine rings is 2. The summed E-state index contributed by atoms with van der Waals surface area (Å²) in [4.78, 5) is 35.7. The van der Waals surface area contributed by atoms with Gasteiger partial charge in [0.05, 0.1) is 28.9 Å². The topological polar surface area (TPSA) is 110 Å². The summed E-state index contributed by atoms with van der Waals surface area (Å²) >= 11 is 0. The van der Waals surface area contributed by atoms with Gasteiger partial charge in [0, 0.05) is 25.5 Å². The minimum atomic E-state index is -4.11. The second-order valence-corrected chi connectivity index (χ2v) is 11.1.